The molecule has 1 atom stereocenters. The molecule has 0 saturated carbocycles. The molecule has 0 fully saturated rings. The zero-order valence-corrected chi connectivity index (χ0v) is 9.56. The summed E-state index contributed by atoms with van der Waals surface area (Å²) < 4.78 is 0. The van der Waals surface area contributed by atoms with Gasteiger partial charge in [-0.3, -0.25) is 0 Å². The fourth-order valence-electron chi connectivity index (χ4n) is 0.788. The van der Waals surface area contributed by atoms with Gasteiger partial charge in [0, 0.05) is 4.88 Å². The van der Waals surface area contributed by atoms with Gasteiger partial charge in [-0.2, -0.15) is 0 Å². The molecule has 1 heterocycles. The largest absolute Gasteiger partial charge is 0.387 e. The van der Waals surface area contributed by atoms with Gasteiger partial charge in [-0.25, -0.2) is 0 Å². The summed E-state index contributed by atoms with van der Waals surface area (Å²) in [6.07, 6.45) is -0.278. The second-order valence-electron chi connectivity index (χ2n) is 3.20. The molecule has 0 amide bonds. The van der Waals surface area contributed by atoms with E-state index in [2.05, 4.69) is 5.32 Å². The second-order valence-corrected chi connectivity index (χ2v) is 4.18. The highest BCUT2D eigenvalue weighted by Crippen LogP contribution is 2.24. The van der Waals surface area contributed by atoms with Gasteiger partial charge in [0.15, 0.2) is 0 Å². The quantitative estimate of drug-likeness (QED) is 0.769. The molecule has 1 aromatic heterocycles. The molecule has 0 spiro atoms. The Labute approximate surface area is 84.6 Å². The molecule has 0 aliphatic heterocycles. The first-order chi connectivity index (χ1) is 6.13. The van der Waals surface area contributed by atoms with Crippen molar-refractivity contribution in [2.45, 2.75) is 20.0 Å². The van der Waals surface area contributed by atoms with Crippen molar-refractivity contribution in [1.29, 1.82) is 0 Å². The molecule has 2 nitrogen and oxygen atoms in total. The lowest BCUT2D eigenvalue weighted by molar-refractivity contribution is 0.130. The number of hydrogen-bond donors (Lipinski definition) is 2. The molecule has 0 radical (unpaired) electrons. The van der Waals surface area contributed by atoms with Crippen molar-refractivity contribution in [2.75, 3.05) is 14.1 Å². The summed E-state index contributed by atoms with van der Waals surface area (Å²) in [7, 11) is 3.75. The molecule has 76 valence electrons. The highest BCUT2D eigenvalue weighted by molar-refractivity contribution is 7.10. The van der Waals surface area contributed by atoms with E-state index in [9.17, 15) is 5.11 Å². The van der Waals surface area contributed by atoms with E-state index >= 15 is 0 Å². The van der Waals surface area contributed by atoms with E-state index in [0.717, 1.165) is 4.88 Å². The van der Waals surface area contributed by atoms with Crippen LogP contribution in [0, 0.1) is 5.92 Å². The zero-order chi connectivity index (χ0) is 10.3. The maximum atomic E-state index is 9.50. The maximum Gasteiger partial charge on any atom is 0.0904 e. The van der Waals surface area contributed by atoms with Crippen LogP contribution in [-0.4, -0.2) is 19.2 Å². The molecule has 1 rings (SSSR count). The monoisotopic (exact) mass is 201 g/mol. The maximum absolute atomic E-state index is 9.50. The SMILES string of the molecule is CC(C)C(O)c1cccs1.CNC. The second kappa shape index (κ2) is 7.06. The van der Waals surface area contributed by atoms with Crippen molar-refractivity contribution in [3.05, 3.63) is 22.4 Å². The van der Waals surface area contributed by atoms with Gasteiger partial charge in [-0.1, -0.05) is 19.9 Å². The molecule has 0 aliphatic rings. The van der Waals surface area contributed by atoms with Crippen molar-refractivity contribution in [3.63, 3.8) is 0 Å². The molecular formula is C10H19NOS. The Morgan fingerprint density at radius 3 is 2.23 bits per heavy atom. The van der Waals surface area contributed by atoms with Crippen molar-refractivity contribution in [1.82, 2.24) is 5.32 Å². The minimum atomic E-state index is -0.278. The summed E-state index contributed by atoms with van der Waals surface area (Å²) in [6.45, 7) is 4.04. The van der Waals surface area contributed by atoms with Gasteiger partial charge < -0.3 is 10.4 Å². The standard InChI is InChI=1S/C8H12OS.C2H7N/c1-6(2)8(9)7-4-3-5-10-7;1-3-2/h3-6,8-9H,1-2H3;3H,1-2H3. The van der Waals surface area contributed by atoms with Crippen LogP contribution in [0.1, 0.15) is 24.8 Å². The van der Waals surface area contributed by atoms with E-state index in [4.69, 9.17) is 0 Å². The molecule has 0 aromatic carbocycles. The van der Waals surface area contributed by atoms with E-state index in [1.165, 1.54) is 0 Å². The summed E-state index contributed by atoms with van der Waals surface area (Å²) >= 11 is 1.61. The number of hydrogen-bond acceptors (Lipinski definition) is 3. The first-order valence-corrected chi connectivity index (χ1v) is 5.31. The van der Waals surface area contributed by atoms with Crippen LogP contribution in [0.5, 0.6) is 0 Å². The predicted octanol–water partition coefficient (Wildman–Crippen LogP) is 2.27. The van der Waals surface area contributed by atoms with Crippen LogP contribution < -0.4 is 5.32 Å². The van der Waals surface area contributed by atoms with Crippen molar-refractivity contribution in [2.24, 2.45) is 5.92 Å². The van der Waals surface area contributed by atoms with Gasteiger partial charge >= 0.3 is 0 Å². The van der Waals surface area contributed by atoms with E-state index in [1.54, 1.807) is 11.3 Å². The third-order valence-corrected chi connectivity index (χ3v) is 2.41. The Morgan fingerprint density at radius 1 is 1.38 bits per heavy atom. The highest BCUT2D eigenvalue weighted by Gasteiger charge is 2.11. The smallest absolute Gasteiger partial charge is 0.0904 e. The normalized spacial score (nSPS) is 12.2. The van der Waals surface area contributed by atoms with Gasteiger partial charge in [-0.15, -0.1) is 11.3 Å². The van der Waals surface area contributed by atoms with E-state index < -0.39 is 0 Å². The van der Waals surface area contributed by atoms with Crippen LogP contribution >= 0.6 is 11.3 Å². The van der Waals surface area contributed by atoms with E-state index in [-0.39, 0.29) is 6.10 Å². The minimum Gasteiger partial charge on any atom is -0.387 e. The summed E-state index contributed by atoms with van der Waals surface area (Å²) in [5.41, 5.74) is 0. The molecule has 0 saturated heterocycles. The molecule has 13 heavy (non-hydrogen) atoms. The topological polar surface area (TPSA) is 32.3 Å². The summed E-state index contributed by atoms with van der Waals surface area (Å²) in [5, 5.41) is 14.2. The highest BCUT2D eigenvalue weighted by atomic mass is 32.1. The van der Waals surface area contributed by atoms with Gasteiger partial charge in [0.25, 0.3) is 0 Å². The Morgan fingerprint density at radius 2 is 1.92 bits per heavy atom. The van der Waals surface area contributed by atoms with Crippen molar-refractivity contribution in [3.8, 4) is 0 Å². The van der Waals surface area contributed by atoms with E-state index in [1.807, 2.05) is 45.5 Å². The van der Waals surface area contributed by atoms with E-state index in [0.29, 0.717) is 5.92 Å². The zero-order valence-electron chi connectivity index (χ0n) is 8.74. The summed E-state index contributed by atoms with van der Waals surface area (Å²) in [5.74, 6) is 0.318. The molecule has 1 aromatic rings. The molecule has 0 bridgehead atoms. The average molecular weight is 201 g/mol. The Kier molecular flexibility index (Phi) is 6.86. The molecular weight excluding hydrogens is 182 g/mol. The Balaban J connectivity index is 0.000000424. The number of rotatable bonds is 2. The lowest BCUT2D eigenvalue weighted by Crippen LogP contribution is -2.02. The van der Waals surface area contributed by atoms with Crippen LogP contribution in [0.3, 0.4) is 0 Å². The fourth-order valence-corrected chi connectivity index (χ4v) is 1.67. The third kappa shape index (κ3) is 5.03. The van der Waals surface area contributed by atoms with Gasteiger partial charge in [0.2, 0.25) is 0 Å². The van der Waals surface area contributed by atoms with Crippen LogP contribution in [0.4, 0.5) is 0 Å². The predicted molar refractivity (Wildman–Crippen MR) is 59.1 cm³/mol. The van der Waals surface area contributed by atoms with Crippen molar-refractivity contribution >= 4 is 11.3 Å². The summed E-state index contributed by atoms with van der Waals surface area (Å²) in [4.78, 5) is 1.06. The summed E-state index contributed by atoms with van der Waals surface area (Å²) in [6, 6.07) is 3.93. The number of thiophene rings is 1. The van der Waals surface area contributed by atoms with Crippen LogP contribution in [0.25, 0.3) is 0 Å². The molecule has 0 aliphatic carbocycles. The number of aliphatic hydroxyl groups excluding tert-OH is 1. The Bertz CT molecular complexity index is 197. The van der Waals surface area contributed by atoms with Gasteiger partial charge in [-0.05, 0) is 31.5 Å². The van der Waals surface area contributed by atoms with Gasteiger partial charge in [0.1, 0.15) is 0 Å². The Hall–Kier alpha value is -0.380. The third-order valence-electron chi connectivity index (χ3n) is 1.47. The van der Waals surface area contributed by atoms with Crippen LogP contribution in [-0.2, 0) is 0 Å². The lowest BCUT2D eigenvalue weighted by atomic mass is 10.1. The average Bonchev–Trinajstić information content (AvgIpc) is 2.56. The first kappa shape index (κ1) is 12.6. The molecule has 1 unspecified atom stereocenters. The minimum absolute atomic E-state index is 0.278. The lowest BCUT2D eigenvalue weighted by Gasteiger charge is -2.11. The van der Waals surface area contributed by atoms with Crippen molar-refractivity contribution < 1.29 is 5.11 Å². The van der Waals surface area contributed by atoms with Crippen LogP contribution in [0.2, 0.25) is 0 Å². The van der Waals surface area contributed by atoms with Crippen LogP contribution in [0.15, 0.2) is 17.5 Å². The van der Waals surface area contributed by atoms with Gasteiger partial charge in [0.05, 0.1) is 6.10 Å². The number of aliphatic hydroxyl groups is 1. The fraction of sp³-hybridized carbons (Fsp3) is 0.600. The molecule has 3 heteroatoms. The molecule has 2 N–H and O–H groups in total. The first-order valence-electron chi connectivity index (χ1n) is 4.43. The number of nitrogens with one attached hydrogen (secondary N) is 1.